The number of nitrogens with zero attached hydrogens (tertiary/aromatic N) is 9. The molecule has 3 saturated heterocycles. The molecule has 764 valence electrons. The monoisotopic (exact) mass is 2190 g/mol. The first kappa shape index (κ1) is 123. The number of H-pyrrole nitrogens is 5. The van der Waals surface area contributed by atoms with Gasteiger partial charge in [-0.3, -0.25) is 72.9 Å². The Hall–Kier alpha value is -8.92. The van der Waals surface area contributed by atoms with Crippen LogP contribution >= 0.6 is 109 Å². The second kappa shape index (κ2) is 60.7. The first-order valence-corrected chi connectivity index (χ1v) is 48.2. The van der Waals surface area contributed by atoms with Crippen molar-refractivity contribution in [2.75, 3.05) is 176 Å². The molecular formula is C86H97Cl9F6N16NaO22P. The van der Waals surface area contributed by atoms with Crippen LogP contribution in [0.2, 0.25) is 15.7 Å². The van der Waals surface area contributed by atoms with Gasteiger partial charge in [0.05, 0.1) is 168 Å². The van der Waals surface area contributed by atoms with E-state index in [-0.39, 0.29) is 129 Å². The van der Waals surface area contributed by atoms with Gasteiger partial charge in [-0.15, -0.1) is 23.2 Å². The maximum atomic E-state index is 13.4. The van der Waals surface area contributed by atoms with Crippen molar-refractivity contribution in [1.29, 1.82) is 0 Å². The fourth-order valence-corrected chi connectivity index (χ4v) is 13.8. The normalized spacial score (nSPS) is 13.1. The number of amides is 1. The number of methoxy groups -OCH3 is 5. The topological polar surface area (TPSA) is 536 Å². The summed E-state index contributed by atoms with van der Waals surface area (Å²) in [5.74, 6) is 3.16. The summed E-state index contributed by atoms with van der Waals surface area (Å²) in [4.78, 5) is 124. The van der Waals surface area contributed by atoms with Crippen LogP contribution in [0.5, 0.6) is 28.7 Å². The zero-order valence-corrected chi connectivity index (χ0v) is 85.7. The van der Waals surface area contributed by atoms with Gasteiger partial charge in [-0.1, -0.05) is 11.6 Å². The van der Waals surface area contributed by atoms with Gasteiger partial charge in [-0.05, 0) is 147 Å². The maximum Gasteiger partial charge on any atom is 1.00 e. The molecule has 0 unspecified atom stereocenters. The molecule has 55 heteroatoms. The van der Waals surface area contributed by atoms with Crippen LogP contribution in [0.4, 0.5) is 38.2 Å². The van der Waals surface area contributed by atoms with Crippen molar-refractivity contribution in [3.05, 3.63) is 227 Å². The summed E-state index contributed by atoms with van der Waals surface area (Å²) in [6.45, 7) is 12.4. The van der Waals surface area contributed by atoms with Gasteiger partial charge >= 0.3 is 52.8 Å². The van der Waals surface area contributed by atoms with Crippen molar-refractivity contribution in [1.82, 2.24) is 64.5 Å². The molecule has 1 amide bonds. The average Bonchev–Trinajstić information content (AvgIpc) is 0.759. The van der Waals surface area contributed by atoms with E-state index < -0.39 is 56.6 Å². The first-order valence-electron chi connectivity index (χ1n) is 41.2. The van der Waals surface area contributed by atoms with Crippen molar-refractivity contribution in [3.63, 3.8) is 0 Å². The number of alkyl halides is 8. The molecule has 15 rings (SSSR count). The summed E-state index contributed by atoms with van der Waals surface area (Å²) >= 11 is 46.3. The van der Waals surface area contributed by atoms with Crippen LogP contribution < -0.4 is 97.1 Å². The summed E-state index contributed by atoms with van der Waals surface area (Å²) in [5.41, 5.74) is 6.36. The van der Waals surface area contributed by atoms with Crippen molar-refractivity contribution in [2.45, 2.75) is 45.4 Å². The van der Waals surface area contributed by atoms with E-state index in [1.54, 1.807) is 30.3 Å². The van der Waals surface area contributed by atoms with Crippen LogP contribution in [0.3, 0.4) is 0 Å². The third-order valence-corrected chi connectivity index (χ3v) is 21.3. The quantitative estimate of drug-likeness (QED) is 0.00539. The molecule has 0 spiro atoms. The van der Waals surface area contributed by atoms with Gasteiger partial charge in [-0.25, -0.2) is 29.7 Å². The number of rotatable bonds is 23. The number of aliphatic hydroxyl groups excluding tert-OH is 5. The number of aromatic amines is 5. The summed E-state index contributed by atoms with van der Waals surface area (Å²) in [7, 11) is 7.39. The van der Waals surface area contributed by atoms with Crippen LogP contribution in [0.15, 0.2) is 133 Å². The van der Waals surface area contributed by atoms with Crippen molar-refractivity contribution in [2.24, 2.45) is 5.73 Å². The maximum absolute atomic E-state index is 13.4. The van der Waals surface area contributed by atoms with E-state index in [1.165, 1.54) is 70.8 Å². The van der Waals surface area contributed by atoms with E-state index in [0.717, 1.165) is 121 Å². The van der Waals surface area contributed by atoms with E-state index in [4.69, 9.17) is 129 Å². The third kappa shape index (κ3) is 38.5. The van der Waals surface area contributed by atoms with E-state index in [0.29, 0.717) is 157 Å². The number of hydrogen-bond acceptors (Lipinski definition) is 32. The number of benzene rings is 7. The second-order valence-electron chi connectivity index (χ2n) is 28.8. The van der Waals surface area contributed by atoms with Crippen LogP contribution in [-0.4, -0.2) is 272 Å². The Morgan fingerprint density at radius 3 is 1.23 bits per heavy atom. The van der Waals surface area contributed by atoms with Gasteiger partial charge in [-0.2, -0.15) is 26.3 Å². The number of fused-ring (bicyclic) bond motifs is 5. The average molecular weight is 2190 g/mol. The molecule has 3 fully saturated rings. The molecular weight excluding hydrogens is 2100 g/mol. The predicted octanol–water partition coefficient (Wildman–Crippen LogP) is 9.29. The first-order chi connectivity index (χ1) is 66.1. The number of halogens is 15. The molecule has 141 heavy (non-hydrogen) atoms. The molecule has 3 aliphatic heterocycles. The van der Waals surface area contributed by atoms with Crippen LogP contribution in [0.25, 0.3) is 54.5 Å². The van der Waals surface area contributed by atoms with E-state index in [9.17, 15) is 74.7 Å². The number of carbonyl (C=O) groups is 2. The molecule has 0 atom stereocenters. The van der Waals surface area contributed by atoms with Crippen molar-refractivity contribution < 1.29 is 139 Å². The number of nitrogens with two attached hydrogens (primary N) is 1. The zero-order chi connectivity index (χ0) is 102. The number of ether oxygens (including phenoxy) is 8. The number of aliphatic hydroxyl groups is 5. The van der Waals surface area contributed by atoms with E-state index >= 15 is 0 Å². The second-order valence-corrected chi connectivity index (χ2v) is 37.6. The molecule has 7 aromatic carbocycles. The van der Waals surface area contributed by atoms with Crippen molar-refractivity contribution >= 4 is 186 Å². The smallest absolute Gasteiger partial charge is 0.870 e. The Bertz CT molecular complexity index is 6430. The molecule has 0 saturated carbocycles. The minimum atomic E-state index is -4.53. The number of morpholine rings is 3. The number of nitrogens with one attached hydrogen (secondary N) is 6. The van der Waals surface area contributed by atoms with Crippen molar-refractivity contribution in [3.8, 4) is 28.7 Å². The van der Waals surface area contributed by atoms with Gasteiger partial charge in [0, 0.05) is 165 Å². The minimum absolute atomic E-state index is 0. The van der Waals surface area contributed by atoms with E-state index in [1.807, 2.05) is 0 Å². The summed E-state index contributed by atoms with van der Waals surface area (Å²) in [6, 6.07) is 23.3. The molecule has 12 aromatic rings. The third-order valence-electron chi connectivity index (χ3n) is 19.9. The summed E-state index contributed by atoms with van der Waals surface area (Å²) in [5, 5.41) is 47.7. The summed E-state index contributed by atoms with van der Waals surface area (Å²) < 4.78 is 126. The Labute approximate surface area is 865 Å². The Kier molecular flexibility index (Phi) is 52.8. The minimum Gasteiger partial charge on any atom is -0.870 e. The Morgan fingerprint density at radius 2 is 0.837 bits per heavy atom. The number of aromatic nitrogens is 10. The number of hydrogen-bond donors (Lipinski definition) is 12. The molecule has 0 aliphatic carbocycles. The van der Waals surface area contributed by atoms with Crippen LogP contribution in [0.1, 0.15) is 59.7 Å². The Balaban J connectivity index is 0.000000295. The molecule has 0 radical (unpaired) electrons. The van der Waals surface area contributed by atoms with Gasteiger partial charge in [0.1, 0.15) is 33.9 Å². The summed E-state index contributed by atoms with van der Waals surface area (Å²) in [6.07, 6.45) is -8.91. The number of anilines is 2. The van der Waals surface area contributed by atoms with E-state index in [2.05, 4.69) is 104 Å². The van der Waals surface area contributed by atoms with Crippen LogP contribution in [0, 0.1) is 0 Å². The van der Waals surface area contributed by atoms with Gasteiger partial charge in [0.25, 0.3) is 33.4 Å². The van der Waals surface area contributed by atoms with Crippen LogP contribution in [-0.2, 0) is 64.2 Å². The predicted molar refractivity (Wildman–Crippen MR) is 522 cm³/mol. The fraction of sp³-hybridized carbons (Fsp3) is 0.372. The zero-order valence-electron chi connectivity index (χ0n) is 76.0. The largest absolute Gasteiger partial charge is 1.00 e. The fourth-order valence-electron chi connectivity index (χ4n) is 13.0. The molecule has 5 aromatic heterocycles. The Morgan fingerprint density at radius 1 is 0.482 bits per heavy atom. The standard InChI is InChI=1S/C24H25F3N4O5.C16H22N4O4.C10H8Cl2N2O2.C10H9ClN2O3.C10H10N2O4.C8H4ClF3O.C6H14N2O.C2H4Cl2.Cl3OP.Na.H2O/c1-35-20-13-19-18(12-16(20)14-32)21(33)29-23(28-19)31(7-6-30-8-10-36-11-9-30)22(34)15-2-4-17(5-3-15)24(25,26)27;1-23-14-9-13-12(8-11(14)10-21)15(22)19-16(18-13)17-2-3-20-4-6-24-7-5-20;1-16-8-3-7-6(2-5(8)4-15)9(11)14-10(12)13-7;1-16-8-3-7-6(2-5(8)4-14)9(15)13-10(11)12-7;1-16-8-3-7-6(2-5(8)4-13)9(14)12-10(15)11-7;9-7(13)5-1-3-6(4-2-5)8(10,11)12;7-1-2-8-3-5-9-6-4-8;3-1-2-4;1-5(2,3)4;;/h2-5,12-13,32H,6-11,14H2,1H3,(H,28,29,33);8-9,21H,2-7,10H2,1H3,(H2,17,18,19,22);2-3,15H,4H2,1H3;2-3,14H,4H2,1H3,(H,12,13,15);2-3,13H,4H2,1H3,(H2,11,12,14,15);1-4H;1-7H2;1-2H2;;;1H2/q;;;;;;;;;+1;/p-1. The number of carbonyl (C=O) groups excluding carboxylic acids is 2. The molecule has 0 bridgehead atoms. The van der Waals surface area contributed by atoms with Gasteiger partial charge < -0.3 is 84.9 Å². The van der Waals surface area contributed by atoms with Gasteiger partial charge in [0.2, 0.25) is 22.5 Å². The SMILES string of the molecule is COc1cc2[nH]c(=O)[nH]c(=O)c2cc1CO.COc1cc2nc(Cl)[nH]c(=O)c2cc1CO.COc1cc2nc(Cl)nc(Cl)c2cc1CO.COc1cc2nc(N(CCN3CCOCC3)C(=O)c3ccc(C(F)(F)F)cc3)[nH]c(=O)c2cc1CO.COc1cc2nc(NCCN3CCOCC3)[nH]c(=O)c2cc1CO.ClCCCl.NCCN1CCOCC1.O=C(Cl)c1ccc(C(F)(F)F)cc1.O=P(Cl)(Cl)Cl.[Na+].[OH-]. The molecule has 8 heterocycles. The molecule has 38 nitrogen and oxygen atoms in total. The molecule has 14 N–H and O–H groups in total. The van der Waals surface area contributed by atoms with Gasteiger partial charge in [0.15, 0.2) is 0 Å². The molecule has 3 aliphatic rings.